The Morgan fingerprint density at radius 1 is 1.50 bits per heavy atom. The van der Waals surface area contributed by atoms with E-state index in [2.05, 4.69) is 10.0 Å². The molecule has 70 valence electrons. The standard InChI is InChI=1S/C10H9N3O/c1-7-5-8-3-2-4-9(6-12-13-11)10(8)14-7/h2-5H,6H2,1H3. The Hall–Kier alpha value is -1.93. The maximum atomic E-state index is 8.23. The first-order chi connectivity index (χ1) is 6.81. The summed E-state index contributed by atoms with van der Waals surface area (Å²) >= 11 is 0. The molecule has 0 fully saturated rings. The zero-order valence-electron chi connectivity index (χ0n) is 7.77. The highest BCUT2D eigenvalue weighted by Gasteiger charge is 2.04. The van der Waals surface area contributed by atoms with Gasteiger partial charge in [0.15, 0.2) is 0 Å². The van der Waals surface area contributed by atoms with Crippen molar-refractivity contribution < 1.29 is 4.42 Å². The molecule has 0 aliphatic rings. The van der Waals surface area contributed by atoms with Gasteiger partial charge in [-0.15, -0.1) is 0 Å². The predicted octanol–water partition coefficient (Wildman–Crippen LogP) is 3.55. The Balaban J connectivity index is 2.57. The van der Waals surface area contributed by atoms with Gasteiger partial charge >= 0.3 is 0 Å². The summed E-state index contributed by atoms with van der Waals surface area (Å²) in [5.74, 6) is 0.869. The van der Waals surface area contributed by atoms with Crippen LogP contribution in [0.1, 0.15) is 11.3 Å². The summed E-state index contributed by atoms with van der Waals surface area (Å²) in [5, 5.41) is 4.57. The third kappa shape index (κ3) is 1.43. The molecule has 0 saturated carbocycles. The summed E-state index contributed by atoms with van der Waals surface area (Å²) in [7, 11) is 0. The molecule has 0 atom stereocenters. The van der Waals surface area contributed by atoms with Crippen molar-refractivity contribution in [2.45, 2.75) is 13.5 Å². The molecule has 2 aromatic rings. The van der Waals surface area contributed by atoms with E-state index < -0.39 is 0 Å². The first-order valence-corrected chi connectivity index (χ1v) is 4.30. The van der Waals surface area contributed by atoms with Crippen LogP contribution in [0.2, 0.25) is 0 Å². The van der Waals surface area contributed by atoms with Crippen molar-refractivity contribution in [1.29, 1.82) is 0 Å². The van der Waals surface area contributed by atoms with Crippen LogP contribution >= 0.6 is 0 Å². The summed E-state index contributed by atoms with van der Waals surface area (Å²) < 4.78 is 5.51. The third-order valence-electron chi connectivity index (χ3n) is 2.05. The lowest BCUT2D eigenvalue weighted by Crippen LogP contribution is -1.79. The van der Waals surface area contributed by atoms with Gasteiger partial charge in [-0.1, -0.05) is 23.3 Å². The Morgan fingerprint density at radius 3 is 3.14 bits per heavy atom. The van der Waals surface area contributed by atoms with Crippen LogP contribution in [0.4, 0.5) is 0 Å². The van der Waals surface area contributed by atoms with E-state index in [1.807, 2.05) is 31.2 Å². The molecular weight excluding hydrogens is 178 g/mol. The molecule has 0 amide bonds. The summed E-state index contributed by atoms with van der Waals surface area (Å²) in [4.78, 5) is 2.73. The van der Waals surface area contributed by atoms with E-state index in [-0.39, 0.29) is 0 Å². The molecule has 4 nitrogen and oxygen atoms in total. The van der Waals surface area contributed by atoms with Crippen molar-refractivity contribution in [2.75, 3.05) is 0 Å². The first kappa shape index (κ1) is 8.66. The molecule has 0 bridgehead atoms. The Morgan fingerprint density at radius 2 is 2.36 bits per heavy atom. The lowest BCUT2D eigenvalue weighted by molar-refractivity contribution is 0.574. The first-order valence-electron chi connectivity index (χ1n) is 4.30. The predicted molar refractivity (Wildman–Crippen MR) is 53.8 cm³/mol. The molecule has 0 saturated heterocycles. The van der Waals surface area contributed by atoms with Gasteiger partial charge in [-0.2, -0.15) is 0 Å². The van der Waals surface area contributed by atoms with Crippen LogP contribution in [0, 0.1) is 6.92 Å². The van der Waals surface area contributed by atoms with Crippen LogP contribution in [-0.2, 0) is 6.54 Å². The van der Waals surface area contributed by atoms with E-state index in [1.165, 1.54) is 0 Å². The van der Waals surface area contributed by atoms with E-state index in [4.69, 9.17) is 9.95 Å². The number of benzene rings is 1. The number of para-hydroxylation sites is 1. The molecule has 0 unspecified atom stereocenters. The highest BCUT2D eigenvalue weighted by Crippen LogP contribution is 2.23. The topological polar surface area (TPSA) is 61.9 Å². The van der Waals surface area contributed by atoms with Crippen molar-refractivity contribution in [3.63, 3.8) is 0 Å². The molecule has 4 heteroatoms. The van der Waals surface area contributed by atoms with Crippen molar-refractivity contribution in [2.24, 2.45) is 5.11 Å². The minimum Gasteiger partial charge on any atom is -0.461 e. The smallest absolute Gasteiger partial charge is 0.137 e. The number of azide groups is 1. The van der Waals surface area contributed by atoms with E-state index in [9.17, 15) is 0 Å². The fourth-order valence-corrected chi connectivity index (χ4v) is 1.48. The maximum Gasteiger partial charge on any atom is 0.137 e. The summed E-state index contributed by atoms with van der Waals surface area (Å²) in [5.41, 5.74) is 9.97. The van der Waals surface area contributed by atoms with Gasteiger partial charge in [0, 0.05) is 15.9 Å². The summed E-state index contributed by atoms with van der Waals surface area (Å²) in [6.07, 6.45) is 0. The number of furan rings is 1. The Labute approximate surface area is 80.8 Å². The van der Waals surface area contributed by atoms with E-state index >= 15 is 0 Å². The molecule has 0 aliphatic heterocycles. The molecule has 1 aromatic carbocycles. The fourth-order valence-electron chi connectivity index (χ4n) is 1.48. The van der Waals surface area contributed by atoms with Crippen LogP contribution in [-0.4, -0.2) is 0 Å². The van der Waals surface area contributed by atoms with Gasteiger partial charge in [0.2, 0.25) is 0 Å². The number of hydrogen-bond acceptors (Lipinski definition) is 2. The SMILES string of the molecule is Cc1cc2cccc(CN=[N+]=[N-])c2o1. The van der Waals surface area contributed by atoms with Gasteiger partial charge in [0.25, 0.3) is 0 Å². The molecule has 0 N–H and O–H groups in total. The minimum atomic E-state index is 0.334. The zero-order valence-corrected chi connectivity index (χ0v) is 7.77. The second kappa shape index (κ2) is 3.44. The van der Waals surface area contributed by atoms with Crippen molar-refractivity contribution in [3.05, 3.63) is 46.0 Å². The van der Waals surface area contributed by atoms with Crippen LogP contribution < -0.4 is 0 Å². The highest BCUT2D eigenvalue weighted by atomic mass is 16.3. The average molecular weight is 187 g/mol. The quantitative estimate of drug-likeness (QED) is 0.402. The van der Waals surface area contributed by atoms with Crippen LogP contribution in [0.25, 0.3) is 21.4 Å². The molecule has 1 heterocycles. The molecular formula is C10H9N3O. The average Bonchev–Trinajstić information content (AvgIpc) is 2.55. The van der Waals surface area contributed by atoms with Crippen LogP contribution in [0.15, 0.2) is 33.8 Å². The lowest BCUT2D eigenvalue weighted by atomic mass is 10.1. The van der Waals surface area contributed by atoms with E-state index in [0.717, 1.165) is 22.3 Å². The number of nitrogens with zero attached hydrogens (tertiary/aromatic N) is 3. The molecule has 1 aromatic heterocycles. The number of hydrogen-bond donors (Lipinski definition) is 0. The number of rotatable bonds is 2. The second-order valence-corrected chi connectivity index (χ2v) is 3.08. The zero-order chi connectivity index (χ0) is 9.97. The normalized spacial score (nSPS) is 10.1. The van der Waals surface area contributed by atoms with E-state index in [0.29, 0.717) is 6.54 Å². The third-order valence-corrected chi connectivity index (χ3v) is 2.05. The van der Waals surface area contributed by atoms with Crippen molar-refractivity contribution in [3.8, 4) is 0 Å². The van der Waals surface area contributed by atoms with E-state index in [1.54, 1.807) is 0 Å². The molecule has 14 heavy (non-hydrogen) atoms. The van der Waals surface area contributed by atoms with Gasteiger partial charge in [-0.05, 0) is 18.5 Å². The fraction of sp³-hybridized carbons (Fsp3) is 0.200. The van der Waals surface area contributed by atoms with Crippen molar-refractivity contribution in [1.82, 2.24) is 0 Å². The van der Waals surface area contributed by atoms with Gasteiger partial charge in [0.1, 0.15) is 11.3 Å². The van der Waals surface area contributed by atoms with Crippen LogP contribution in [0.5, 0.6) is 0 Å². The Kier molecular flexibility index (Phi) is 2.13. The van der Waals surface area contributed by atoms with Crippen LogP contribution in [0.3, 0.4) is 0 Å². The lowest BCUT2D eigenvalue weighted by Gasteiger charge is -1.95. The maximum absolute atomic E-state index is 8.23. The monoisotopic (exact) mass is 187 g/mol. The minimum absolute atomic E-state index is 0.334. The van der Waals surface area contributed by atoms with Gasteiger partial charge in [0.05, 0.1) is 6.54 Å². The highest BCUT2D eigenvalue weighted by molar-refractivity contribution is 5.81. The van der Waals surface area contributed by atoms with Gasteiger partial charge in [-0.3, -0.25) is 0 Å². The molecule has 0 spiro atoms. The molecule has 0 aliphatic carbocycles. The number of aryl methyl sites for hydroxylation is 1. The largest absolute Gasteiger partial charge is 0.461 e. The molecule has 2 rings (SSSR count). The second-order valence-electron chi connectivity index (χ2n) is 3.08. The number of fused-ring (bicyclic) bond motifs is 1. The van der Waals surface area contributed by atoms with Gasteiger partial charge < -0.3 is 4.42 Å². The summed E-state index contributed by atoms with van der Waals surface area (Å²) in [6.45, 7) is 2.23. The van der Waals surface area contributed by atoms with Gasteiger partial charge in [-0.25, -0.2) is 0 Å². The Bertz CT molecular complexity index is 509. The summed E-state index contributed by atoms with van der Waals surface area (Å²) in [6, 6.07) is 7.78. The van der Waals surface area contributed by atoms with Crippen molar-refractivity contribution >= 4 is 11.0 Å². The molecule has 0 radical (unpaired) electrons.